The minimum atomic E-state index is -1.02. The summed E-state index contributed by atoms with van der Waals surface area (Å²) in [6, 6.07) is 5.54. The summed E-state index contributed by atoms with van der Waals surface area (Å²) in [7, 11) is 1.64. The first-order valence-electron chi connectivity index (χ1n) is 4.88. The molecule has 2 rings (SSSR count). The van der Waals surface area contributed by atoms with Crippen molar-refractivity contribution >= 4 is 17.0 Å². The standard InChI is InChI=1S/C11H12N2O3/c1-7-3-4-8-9(5-7)13(6-10(14)15)11(16)12(8)2/h3-5H,6H2,1-2H3,(H,14,15). The van der Waals surface area contributed by atoms with E-state index in [4.69, 9.17) is 5.11 Å². The molecule has 0 saturated carbocycles. The molecule has 0 amide bonds. The van der Waals surface area contributed by atoms with Crippen LogP contribution in [-0.4, -0.2) is 20.2 Å². The quantitative estimate of drug-likeness (QED) is 0.811. The van der Waals surface area contributed by atoms with Crippen molar-refractivity contribution in [3.05, 3.63) is 34.2 Å². The molecule has 0 aliphatic heterocycles. The zero-order valence-corrected chi connectivity index (χ0v) is 9.10. The number of carbonyl (C=O) groups is 1. The molecule has 0 aliphatic carbocycles. The van der Waals surface area contributed by atoms with Crippen LogP contribution in [0.5, 0.6) is 0 Å². The molecule has 0 saturated heterocycles. The Hall–Kier alpha value is -2.04. The van der Waals surface area contributed by atoms with Gasteiger partial charge in [-0.25, -0.2) is 4.79 Å². The van der Waals surface area contributed by atoms with Crippen LogP contribution in [0.4, 0.5) is 0 Å². The SMILES string of the molecule is Cc1ccc2c(c1)n(CC(=O)O)c(=O)n2C. The van der Waals surface area contributed by atoms with Crippen molar-refractivity contribution in [1.29, 1.82) is 0 Å². The Morgan fingerprint density at radius 3 is 2.69 bits per heavy atom. The van der Waals surface area contributed by atoms with Crippen molar-refractivity contribution in [2.75, 3.05) is 0 Å². The number of aryl methyl sites for hydroxylation is 2. The van der Waals surface area contributed by atoms with Crippen LogP contribution in [0.2, 0.25) is 0 Å². The second-order valence-electron chi connectivity index (χ2n) is 3.81. The molecular weight excluding hydrogens is 208 g/mol. The van der Waals surface area contributed by atoms with E-state index >= 15 is 0 Å². The van der Waals surface area contributed by atoms with Crippen molar-refractivity contribution in [3.8, 4) is 0 Å². The highest BCUT2D eigenvalue weighted by atomic mass is 16.4. The van der Waals surface area contributed by atoms with Gasteiger partial charge in [-0.2, -0.15) is 0 Å². The van der Waals surface area contributed by atoms with E-state index in [0.29, 0.717) is 5.52 Å². The van der Waals surface area contributed by atoms with Crippen LogP contribution in [0.15, 0.2) is 23.0 Å². The van der Waals surface area contributed by atoms with Gasteiger partial charge in [-0.05, 0) is 24.6 Å². The predicted molar refractivity (Wildman–Crippen MR) is 59.6 cm³/mol. The molecule has 0 radical (unpaired) electrons. The van der Waals surface area contributed by atoms with Crippen LogP contribution in [0.1, 0.15) is 5.56 Å². The largest absolute Gasteiger partial charge is 0.480 e. The smallest absolute Gasteiger partial charge is 0.329 e. The molecule has 84 valence electrons. The summed E-state index contributed by atoms with van der Waals surface area (Å²) in [6.07, 6.45) is 0. The first-order valence-corrected chi connectivity index (χ1v) is 4.88. The molecule has 0 spiro atoms. The van der Waals surface area contributed by atoms with Gasteiger partial charge in [0.1, 0.15) is 6.54 Å². The molecule has 0 aliphatic rings. The molecule has 1 aromatic carbocycles. The van der Waals surface area contributed by atoms with E-state index in [1.165, 1.54) is 9.13 Å². The maximum atomic E-state index is 11.8. The summed E-state index contributed by atoms with van der Waals surface area (Å²) in [6.45, 7) is 1.60. The van der Waals surface area contributed by atoms with E-state index in [9.17, 15) is 9.59 Å². The molecule has 0 fully saturated rings. The van der Waals surface area contributed by atoms with Crippen LogP contribution >= 0.6 is 0 Å². The van der Waals surface area contributed by atoms with Gasteiger partial charge in [-0.3, -0.25) is 13.9 Å². The zero-order chi connectivity index (χ0) is 11.9. The van der Waals surface area contributed by atoms with E-state index < -0.39 is 5.97 Å². The number of carboxylic acids is 1. The lowest BCUT2D eigenvalue weighted by molar-refractivity contribution is -0.137. The van der Waals surface area contributed by atoms with Gasteiger partial charge in [0, 0.05) is 7.05 Å². The number of benzene rings is 1. The first kappa shape index (κ1) is 10.5. The number of aliphatic carboxylic acids is 1. The van der Waals surface area contributed by atoms with Crippen LogP contribution in [0.25, 0.3) is 11.0 Å². The molecule has 2 aromatic rings. The lowest BCUT2D eigenvalue weighted by atomic mass is 10.2. The molecule has 5 heteroatoms. The number of rotatable bonds is 2. The third kappa shape index (κ3) is 1.50. The van der Waals surface area contributed by atoms with Gasteiger partial charge in [-0.1, -0.05) is 6.07 Å². The molecular formula is C11H12N2O3. The Morgan fingerprint density at radius 2 is 2.06 bits per heavy atom. The number of carboxylic acid groups (broad SMARTS) is 1. The third-order valence-corrected chi connectivity index (χ3v) is 2.59. The number of nitrogens with zero attached hydrogens (tertiary/aromatic N) is 2. The monoisotopic (exact) mass is 220 g/mol. The molecule has 0 bridgehead atoms. The van der Waals surface area contributed by atoms with Crippen molar-refractivity contribution in [2.24, 2.45) is 7.05 Å². The predicted octanol–water partition coefficient (Wildman–Crippen LogP) is 0.733. The maximum Gasteiger partial charge on any atom is 0.329 e. The minimum absolute atomic E-state index is 0.303. The summed E-state index contributed by atoms with van der Waals surface area (Å²) < 4.78 is 2.72. The van der Waals surface area contributed by atoms with Gasteiger partial charge in [0.05, 0.1) is 11.0 Å². The Kier molecular flexibility index (Phi) is 2.30. The number of hydrogen-bond donors (Lipinski definition) is 1. The fraction of sp³-hybridized carbons (Fsp3) is 0.273. The van der Waals surface area contributed by atoms with Gasteiger partial charge in [-0.15, -0.1) is 0 Å². The van der Waals surface area contributed by atoms with Crippen molar-refractivity contribution < 1.29 is 9.90 Å². The zero-order valence-electron chi connectivity index (χ0n) is 9.10. The van der Waals surface area contributed by atoms with Crippen LogP contribution in [-0.2, 0) is 18.4 Å². The molecule has 5 nitrogen and oxygen atoms in total. The van der Waals surface area contributed by atoms with Crippen LogP contribution in [0.3, 0.4) is 0 Å². The van der Waals surface area contributed by atoms with E-state index in [1.54, 1.807) is 7.05 Å². The lowest BCUT2D eigenvalue weighted by Gasteiger charge is -1.99. The van der Waals surface area contributed by atoms with Gasteiger partial charge < -0.3 is 5.11 Å². The number of hydrogen-bond acceptors (Lipinski definition) is 2. The average Bonchev–Trinajstić information content (AvgIpc) is 2.43. The number of aromatic nitrogens is 2. The molecule has 1 N–H and O–H groups in total. The summed E-state index contributed by atoms with van der Waals surface area (Å²) >= 11 is 0. The van der Waals surface area contributed by atoms with Gasteiger partial charge in [0.15, 0.2) is 0 Å². The third-order valence-electron chi connectivity index (χ3n) is 2.59. The molecule has 0 unspecified atom stereocenters. The summed E-state index contributed by atoms with van der Waals surface area (Å²) in [5.41, 5.74) is 2.10. The lowest BCUT2D eigenvalue weighted by Crippen LogP contribution is -2.25. The van der Waals surface area contributed by atoms with Crippen LogP contribution in [0, 0.1) is 6.92 Å². The van der Waals surface area contributed by atoms with E-state index in [-0.39, 0.29) is 12.2 Å². The van der Waals surface area contributed by atoms with Crippen molar-refractivity contribution in [2.45, 2.75) is 13.5 Å². The minimum Gasteiger partial charge on any atom is -0.480 e. The van der Waals surface area contributed by atoms with Crippen molar-refractivity contribution in [1.82, 2.24) is 9.13 Å². The Labute approximate surface area is 91.5 Å². The highest BCUT2D eigenvalue weighted by Gasteiger charge is 2.12. The fourth-order valence-corrected chi connectivity index (χ4v) is 1.81. The van der Waals surface area contributed by atoms with Crippen molar-refractivity contribution in [3.63, 3.8) is 0 Å². The Morgan fingerprint density at radius 1 is 1.38 bits per heavy atom. The normalized spacial score (nSPS) is 10.9. The van der Waals surface area contributed by atoms with E-state index in [2.05, 4.69) is 0 Å². The average molecular weight is 220 g/mol. The Bertz CT molecular complexity index is 622. The highest BCUT2D eigenvalue weighted by Crippen LogP contribution is 2.14. The summed E-state index contributed by atoms with van der Waals surface area (Å²) in [5, 5.41) is 8.76. The second-order valence-corrected chi connectivity index (χ2v) is 3.81. The van der Waals surface area contributed by atoms with Gasteiger partial charge in [0.25, 0.3) is 0 Å². The molecule has 0 atom stereocenters. The molecule has 1 heterocycles. The van der Waals surface area contributed by atoms with Gasteiger partial charge in [0.2, 0.25) is 0 Å². The first-order chi connectivity index (χ1) is 7.50. The molecule has 1 aromatic heterocycles. The topological polar surface area (TPSA) is 64.2 Å². The summed E-state index contributed by atoms with van der Waals surface area (Å²) in [5.74, 6) is -1.02. The number of imidazole rings is 1. The van der Waals surface area contributed by atoms with E-state index in [1.807, 2.05) is 25.1 Å². The van der Waals surface area contributed by atoms with Crippen LogP contribution < -0.4 is 5.69 Å². The van der Waals surface area contributed by atoms with E-state index in [0.717, 1.165) is 11.1 Å². The maximum absolute atomic E-state index is 11.8. The second kappa shape index (κ2) is 3.52. The number of fused-ring (bicyclic) bond motifs is 1. The van der Waals surface area contributed by atoms with Gasteiger partial charge >= 0.3 is 11.7 Å². The Balaban J connectivity index is 2.80. The summed E-state index contributed by atoms with van der Waals surface area (Å²) in [4.78, 5) is 22.5. The molecule has 16 heavy (non-hydrogen) atoms. The highest BCUT2D eigenvalue weighted by molar-refractivity contribution is 5.79. The fourth-order valence-electron chi connectivity index (χ4n) is 1.81.